The van der Waals surface area contributed by atoms with Crippen molar-refractivity contribution in [2.75, 3.05) is 0 Å². The van der Waals surface area contributed by atoms with Gasteiger partial charge in [0.05, 0.1) is 12.5 Å². The Morgan fingerprint density at radius 2 is 2.12 bits per heavy atom. The molecule has 0 saturated heterocycles. The summed E-state index contributed by atoms with van der Waals surface area (Å²) in [6.07, 6.45) is -1.35. The minimum atomic E-state index is -4.69. The molecule has 0 bridgehead atoms. The Hall–Kier alpha value is -1.96. The first-order chi connectivity index (χ1) is 7.51. The minimum absolute atomic E-state index is 0.213. The lowest BCUT2D eigenvalue weighted by Gasteiger charge is -2.08. The lowest BCUT2D eigenvalue weighted by Crippen LogP contribution is -2.17. The summed E-state index contributed by atoms with van der Waals surface area (Å²) in [4.78, 5) is 0. The molecule has 5 heteroatoms. The van der Waals surface area contributed by atoms with Crippen LogP contribution in [0, 0.1) is 11.3 Å². The van der Waals surface area contributed by atoms with Crippen molar-refractivity contribution in [2.45, 2.75) is 12.8 Å². The maximum Gasteiger partial charge on any atom is 0.573 e. The standard InChI is InChI=1S/C11H8F3NO/c12-11(13,14)16-10-6-3-5-9(8-10)4-1-2-7-15/h1,3-6,8H,2H2. The molecule has 0 aliphatic carbocycles. The molecule has 16 heavy (non-hydrogen) atoms. The predicted octanol–water partition coefficient (Wildman–Crippen LogP) is 3.51. The van der Waals surface area contributed by atoms with Gasteiger partial charge >= 0.3 is 6.36 Å². The number of hydrogen-bond acceptors (Lipinski definition) is 2. The van der Waals surface area contributed by atoms with E-state index in [1.54, 1.807) is 18.2 Å². The molecule has 0 aliphatic heterocycles. The van der Waals surface area contributed by atoms with Gasteiger partial charge in [-0.15, -0.1) is 13.2 Å². The van der Waals surface area contributed by atoms with E-state index in [-0.39, 0.29) is 12.2 Å². The highest BCUT2D eigenvalue weighted by Crippen LogP contribution is 2.23. The Morgan fingerprint density at radius 1 is 1.38 bits per heavy atom. The van der Waals surface area contributed by atoms with Crippen LogP contribution in [0.3, 0.4) is 0 Å². The SMILES string of the molecule is N#CCC=Cc1cccc(OC(F)(F)F)c1. The summed E-state index contributed by atoms with van der Waals surface area (Å²) >= 11 is 0. The van der Waals surface area contributed by atoms with Crippen LogP contribution in [0.1, 0.15) is 12.0 Å². The minimum Gasteiger partial charge on any atom is -0.406 e. The molecule has 2 nitrogen and oxygen atoms in total. The normalized spacial score (nSPS) is 11.4. The number of ether oxygens (including phenoxy) is 1. The number of allylic oxidation sites excluding steroid dienone is 1. The Labute approximate surface area is 90.6 Å². The second-order valence-electron chi connectivity index (χ2n) is 2.88. The van der Waals surface area contributed by atoms with Crippen LogP contribution < -0.4 is 4.74 Å². The summed E-state index contributed by atoms with van der Waals surface area (Å²) in [6.45, 7) is 0. The fraction of sp³-hybridized carbons (Fsp3) is 0.182. The van der Waals surface area contributed by atoms with Crippen LogP contribution in [0.2, 0.25) is 0 Å². The predicted molar refractivity (Wildman–Crippen MR) is 52.4 cm³/mol. The van der Waals surface area contributed by atoms with Gasteiger partial charge in [0.25, 0.3) is 0 Å². The summed E-state index contributed by atoms with van der Waals surface area (Å²) in [5.41, 5.74) is 0.553. The zero-order valence-electron chi connectivity index (χ0n) is 8.16. The molecule has 1 aromatic rings. The summed E-state index contributed by atoms with van der Waals surface area (Å²) in [5, 5.41) is 8.28. The molecular formula is C11H8F3NO. The van der Waals surface area contributed by atoms with Gasteiger partial charge in [-0.3, -0.25) is 0 Å². The third kappa shape index (κ3) is 4.51. The van der Waals surface area contributed by atoms with Gasteiger partial charge in [0.1, 0.15) is 5.75 Å². The Kier molecular flexibility index (Phi) is 3.95. The van der Waals surface area contributed by atoms with Gasteiger partial charge in [-0.05, 0) is 17.7 Å². The number of alkyl halides is 3. The summed E-state index contributed by atoms with van der Waals surface area (Å²) in [7, 11) is 0. The highest BCUT2D eigenvalue weighted by atomic mass is 19.4. The first-order valence-electron chi connectivity index (χ1n) is 4.40. The summed E-state index contributed by atoms with van der Waals surface area (Å²) in [5.74, 6) is -0.272. The van der Waals surface area contributed by atoms with Gasteiger partial charge in [-0.2, -0.15) is 5.26 Å². The monoisotopic (exact) mass is 227 g/mol. The molecule has 0 N–H and O–H groups in total. The van der Waals surface area contributed by atoms with Crippen LogP contribution in [0.25, 0.3) is 6.08 Å². The molecule has 0 unspecified atom stereocenters. The number of hydrogen-bond donors (Lipinski definition) is 0. The highest BCUT2D eigenvalue weighted by Gasteiger charge is 2.30. The Bertz CT molecular complexity index is 418. The zero-order valence-corrected chi connectivity index (χ0v) is 8.16. The van der Waals surface area contributed by atoms with Gasteiger partial charge in [0.15, 0.2) is 0 Å². The van der Waals surface area contributed by atoms with Crippen molar-refractivity contribution < 1.29 is 17.9 Å². The van der Waals surface area contributed by atoms with E-state index >= 15 is 0 Å². The molecule has 0 amide bonds. The molecule has 1 aromatic carbocycles. The van der Waals surface area contributed by atoms with Crippen molar-refractivity contribution in [3.05, 3.63) is 35.9 Å². The average Bonchev–Trinajstić information content (AvgIpc) is 2.16. The van der Waals surface area contributed by atoms with Crippen molar-refractivity contribution in [1.82, 2.24) is 0 Å². The maximum atomic E-state index is 11.9. The number of nitriles is 1. The molecule has 0 aliphatic rings. The number of halogens is 3. The quantitative estimate of drug-likeness (QED) is 0.791. The van der Waals surface area contributed by atoms with Crippen LogP contribution in [0.5, 0.6) is 5.75 Å². The van der Waals surface area contributed by atoms with E-state index in [0.29, 0.717) is 5.56 Å². The highest BCUT2D eigenvalue weighted by molar-refractivity contribution is 5.51. The van der Waals surface area contributed by atoms with Gasteiger partial charge in [-0.25, -0.2) is 0 Å². The second-order valence-corrected chi connectivity index (χ2v) is 2.88. The van der Waals surface area contributed by atoms with Crippen LogP contribution in [0.15, 0.2) is 30.3 Å². The van der Waals surface area contributed by atoms with Gasteiger partial charge in [0.2, 0.25) is 0 Å². The first kappa shape index (κ1) is 12.1. The van der Waals surface area contributed by atoms with E-state index in [1.165, 1.54) is 18.2 Å². The molecule has 0 spiro atoms. The fourth-order valence-corrected chi connectivity index (χ4v) is 1.06. The Balaban J connectivity index is 2.76. The van der Waals surface area contributed by atoms with Crippen LogP contribution in [0.4, 0.5) is 13.2 Å². The van der Waals surface area contributed by atoms with E-state index in [1.807, 2.05) is 6.07 Å². The number of rotatable bonds is 3. The lowest BCUT2D eigenvalue weighted by atomic mass is 10.2. The van der Waals surface area contributed by atoms with Gasteiger partial charge < -0.3 is 4.74 Å². The summed E-state index contributed by atoms with van der Waals surface area (Å²) in [6, 6.07) is 7.44. The lowest BCUT2D eigenvalue weighted by molar-refractivity contribution is -0.274. The average molecular weight is 227 g/mol. The molecule has 84 valence electrons. The topological polar surface area (TPSA) is 33.0 Å². The third-order valence-electron chi connectivity index (χ3n) is 1.61. The van der Waals surface area contributed by atoms with E-state index in [9.17, 15) is 13.2 Å². The van der Waals surface area contributed by atoms with E-state index < -0.39 is 6.36 Å². The molecule has 0 saturated carbocycles. The molecule has 1 rings (SSSR count). The van der Waals surface area contributed by atoms with E-state index in [4.69, 9.17) is 5.26 Å². The van der Waals surface area contributed by atoms with Gasteiger partial charge in [-0.1, -0.05) is 24.3 Å². The van der Waals surface area contributed by atoms with Crippen LogP contribution in [-0.4, -0.2) is 6.36 Å². The van der Waals surface area contributed by atoms with Crippen molar-refractivity contribution >= 4 is 6.08 Å². The number of benzene rings is 1. The van der Waals surface area contributed by atoms with Crippen molar-refractivity contribution in [3.8, 4) is 11.8 Å². The van der Waals surface area contributed by atoms with Crippen molar-refractivity contribution in [3.63, 3.8) is 0 Å². The van der Waals surface area contributed by atoms with Gasteiger partial charge in [0, 0.05) is 0 Å². The molecule has 0 atom stereocenters. The smallest absolute Gasteiger partial charge is 0.406 e. The maximum absolute atomic E-state index is 11.9. The van der Waals surface area contributed by atoms with Crippen molar-refractivity contribution in [1.29, 1.82) is 5.26 Å². The molecule has 0 fully saturated rings. The van der Waals surface area contributed by atoms with Crippen molar-refractivity contribution in [2.24, 2.45) is 0 Å². The molecular weight excluding hydrogens is 219 g/mol. The first-order valence-corrected chi connectivity index (χ1v) is 4.40. The second kappa shape index (κ2) is 5.21. The Morgan fingerprint density at radius 3 is 2.75 bits per heavy atom. The van der Waals surface area contributed by atoms with E-state index in [2.05, 4.69) is 4.74 Å². The summed E-state index contributed by atoms with van der Waals surface area (Å²) < 4.78 is 39.4. The molecule has 0 radical (unpaired) electrons. The van der Waals surface area contributed by atoms with E-state index in [0.717, 1.165) is 0 Å². The molecule has 0 aromatic heterocycles. The zero-order chi connectivity index (χ0) is 12.0. The van der Waals surface area contributed by atoms with Crippen LogP contribution in [-0.2, 0) is 0 Å². The number of nitrogens with zero attached hydrogens (tertiary/aromatic N) is 1. The third-order valence-corrected chi connectivity index (χ3v) is 1.61. The fourth-order valence-electron chi connectivity index (χ4n) is 1.06. The largest absolute Gasteiger partial charge is 0.573 e. The molecule has 0 heterocycles. The van der Waals surface area contributed by atoms with Crippen LogP contribution >= 0.6 is 0 Å².